The number of carbonyl (C=O) groups excluding carboxylic acids is 2. The number of piperidine rings is 1. The van der Waals surface area contributed by atoms with Gasteiger partial charge in [-0.2, -0.15) is 0 Å². The number of fused-ring (bicyclic) bond motifs is 1. The Morgan fingerprint density at radius 1 is 1.25 bits per heavy atom. The van der Waals surface area contributed by atoms with Crippen molar-refractivity contribution < 1.29 is 9.59 Å². The van der Waals surface area contributed by atoms with Crippen LogP contribution < -0.4 is 11.0 Å². The second-order valence-corrected chi connectivity index (χ2v) is 5.12. The molecule has 0 spiro atoms. The van der Waals surface area contributed by atoms with Gasteiger partial charge < -0.3 is 0 Å². The number of benzene rings is 1. The molecule has 3 rings (SSSR count). The summed E-state index contributed by atoms with van der Waals surface area (Å²) in [7, 11) is 1.69. The molecule has 0 unspecified atom stereocenters. The van der Waals surface area contributed by atoms with E-state index in [4.69, 9.17) is 0 Å². The van der Waals surface area contributed by atoms with E-state index in [1.54, 1.807) is 11.6 Å². The van der Waals surface area contributed by atoms with Crippen LogP contribution in [0.4, 0.5) is 0 Å². The van der Waals surface area contributed by atoms with Crippen LogP contribution in [0.1, 0.15) is 24.4 Å². The molecule has 0 aliphatic carbocycles. The maximum atomic E-state index is 12.4. The third-order valence-electron chi connectivity index (χ3n) is 3.83. The molecule has 1 aromatic heterocycles. The lowest BCUT2D eigenvalue weighted by molar-refractivity contribution is -0.135. The molecule has 1 saturated heterocycles. The normalized spacial score (nSPS) is 19.4. The van der Waals surface area contributed by atoms with E-state index in [9.17, 15) is 14.4 Å². The van der Waals surface area contributed by atoms with Crippen molar-refractivity contribution in [3.05, 3.63) is 34.2 Å². The van der Waals surface area contributed by atoms with Crippen LogP contribution in [-0.4, -0.2) is 20.9 Å². The first-order chi connectivity index (χ1) is 9.50. The lowest BCUT2D eigenvalue weighted by Crippen LogP contribution is -2.44. The zero-order valence-corrected chi connectivity index (χ0v) is 11.3. The summed E-state index contributed by atoms with van der Waals surface area (Å²) in [4.78, 5) is 35.7. The number of nitrogens with zero attached hydrogens (tertiary/aromatic N) is 2. The van der Waals surface area contributed by atoms with Gasteiger partial charge in [-0.3, -0.25) is 24.0 Å². The molecule has 104 valence electrons. The first kappa shape index (κ1) is 12.7. The molecule has 1 aliphatic rings. The van der Waals surface area contributed by atoms with E-state index in [1.165, 1.54) is 4.57 Å². The van der Waals surface area contributed by atoms with Crippen molar-refractivity contribution >= 4 is 22.8 Å². The predicted octanol–water partition coefficient (Wildman–Crippen LogP) is 0.626. The highest BCUT2D eigenvalue weighted by molar-refractivity contribution is 6.00. The maximum absolute atomic E-state index is 12.4. The summed E-state index contributed by atoms with van der Waals surface area (Å²) in [6, 6.07) is 4.99. The van der Waals surface area contributed by atoms with Crippen LogP contribution in [0.5, 0.6) is 0 Å². The number of imidazole rings is 1. The summed E-state index contributed by atoms with van der Waals surface area (Å²) >= 11 is 0. The van der Waals surface area contributed by atoms with Gasteiger partial charge in [0, 0.05) is 13.5 Å². The second-order valence-electron chi connectivity index (χ2n) is 5.12. The molecule has 1 aromatic carbocycles. The van der Waals surface area contributed by atoms with E-state index in [0.29, 0.717) is 6.42 Å². The van der Waals surface area contributed by atoms with Gasteiger partial charge in [0.25, 0.3) is 0 Å². The van der Waals surface area contributed by atoms with E-state index in [-0.39, 0.29) is 18.0 Å². The molecule has 0 bridgehead atoms. The Morgan fingerprint density at radius 3 is 2.70 bits per heavy atom. The number of para-hydroxylation sites is 1. The van der Waals surface area contributed by atoms with Crippen LogP contribution >= 0.6 is 0 Å². The van der Waals surface area contributed by atoms with Gasteiger partial charge >= 0.3 is 5.69 Å². The number of hydrogen-bond acceptors (Lipinski definition) is 3. The third kappa shape index (κ3) is 1.68. The fourth-order valence-corrected chi connectivity index (χ4v) is 2.86. The van der Waals surface area contributed by atoms with Gasteiger partial charge in [0.2, 0.25) is 11.8 Å². The van der Waals surface area contributed by atoms with Crippen LogP contribution in [0.25, 0.3) is 11.0 Å². The average Bonchev–Trinajstić information content (AvgIpc) is 2.64. The third-order valence-corrected chi connectivity index (χ3v) is 3.83. The summed E-state index contributed by atoms with van der Waals surface area (Å²) in [6.45, 7) is 1.93. The van der Waals surface area contributed by atoms with Gasteiger partial charge in [0.15, 0.2) is 0 Å². The summed E-state index contributed by atoms with van der Waals surface area (Å²) in [5.41, 5.74) is 2.30. The number of amides is 2. The molecule has 2 heterocycles. The Balaban J connectivity index is 2.25. The number of aryl methyl sites for hydroxylation is 2. The van der Waals surface area contributed by atoms with Crippen LogP contribution in [0.2, 0.25) is 0 Å². The Bertz CT molecular complexity index is 785. The lowest BCUT2D eigenvalue weighted by atomic mass is 10.1. The van der Waals surface area contributed by atoms with Crippen molar-refractivity contribution in [2.75, 3.05) is 0 Å². The quantitative estimate of drug-likeness (QED) is 0.774. The van der Waals surface area contributed by atoms with Crippen molar-refractivity contribution in [1.29, 1.82) is 0 Å². The van der Waals surface area contributed by atoms with Gasteiger partial charge in [-0.05, 0) is 25.0 Å². The van der Waals surface area contributed by atoms with Crippen molar-refractivity contribution in [1.82, 2.24) is 14.5 Å². The second kappa shape index (κ2) is 4.33. The van der Waals surface area contributed by atoms with Gasteiger partial charge in [-0.15, -0.1) is 0 Å². The first-order valence-corrected chi connectivity index (χ1v) is 6.51. The lowest BCUT2D eigenvalue weighted by Gasteiger charge is -2.21. The van der Waals surface area contributed by atoms with Gasteiger partial charge in [-0.25, -0.2) is 4.79 Å². The topological polar surface area (TPSA) is 73.1 Å². The van der Waals surface area contributed by atoms with Gasteiger partial charge in [0.1, 0.15) is 6.04 Å². The Labute approximate surface area is 115 Å². The summed E-state index contributed by atoms with van der Waals surface area (Å²) in [5, 5.41) is 2.30. The molecule has 0 radical (unpaired) electrons. The Hall–Kier alpha value is -2.37. The fraction of sp³-hybridized carbons (Fsp3) is 0.357. The molecule has 1 N–H and O–H groups in total. The maximum Gasteiger partial charge on any atom is 0.329 e. The molecule has 2 aromatic rings. The van der Waals surface area contributed by atoms with Crippen LogP contribution in [-0.2, 0) is 16.6 Å². The smallest absolute Gasteiger partial charge is 0.295 e. The van der Waals surface area contributed by atoms with E-state index in [2.05, 4.69) is 5.32 Å². The number of rotatable bonds is 1. The number of aromatic nitrogens is 2. The monoisotopic (exact) mass is 273 g/mol. The van der Waals surface area contributed by atoms with Crippen LogP contribution in [0.15, 0.2) is 23.0 Å². The molecular weight excluding hydrogens is 258 g/mol. The largest absolute Gasteiger partial charge is 0.329 e. The minimum absolute atomic E-state index is 0.233. The zero-order valence-electron chi connectivity index (χ0n) is 11.3. The molecular formula is C14H15N3O3. The van der Waals surface area contributed by atoms with E-state index in [0.717, 1.165) is 16.6 Å². The van der Waals surface area contributed by atoms with Crippen molar-refractivity contribution in [2.24, 2.45) is 7.05 Å². The van der Waals surface area contributed by atoms with Crippen LogP contribution in [0, 0.1) is 6.92 Å². The summed E-state index contributed by atoms with van der Waals surface area (Å²) in [5.74, 6) is -0.687. The number of hydrogen-bond donors (Lipinski definition) is 1. The minimum Gasteiger partial charge on any atom is -0.295 e. The van der Waals surface area contributed by atoms with Crippen molar-refractivity contribution in [2.45, 2.75) is 25.8 Å². The van der Waals surface area contributed by atoms with Crippen molar-refractivity contribution in [3.63, 3.8) is 0 Å². The van der Waals surface area contributed by atoms with Crippen LogP contribution in [0.3, 0.4) is 0 Å². The Morgan fingerprint density at radius 2 is 2.00 bits per heavy atom. The Kier molecular flexibility index (Phi) is 2.74. The molecule has 1 fully saturated rings. The molecule has 2 amide bonds. The zero-order chi connectivity index (χ0) is 14.4. The van der Waals surface area contributed by atoms with E-state index < -0.39 is 11.9 Å². The molecule has 6 nitrogen and oxygen atoms in total. The first-order valence-electron chi connectivity index (χ1n) is 6.51. The summed E-state index contributed by atoms with van der Waals surface area (Å²) in [6.07, 6.45) is 0.614. The predicted molar refractivity (Wildman–Crippen MR) is 73.3 cm³/mol. The molecule has 0 saturated carbocycles. The standard InChI is InChI=1S/C14H15N3O3/c1-8-4-3-5-9-12(8)16(2)14(20)17(9)10-6-7-11(18)15-13(10)19/h3-5,10H,6-7H2,1-2H3,(H,15,18,19)/t10-/m1/s1. The molecule has 20 heavy (non-hydrogen) atoms. The highest BCUT2D eigenvalue weighted by atomic mass is 16.2. The highest BCUT2D eigenvalue weighted by Gasteiger charge is 2.31. The van der Waals surface area contributed by atoms with Gasteiger partial charge in [-0.1, -0.05) is 12.1 Å². The highest BCUT2D eigenvalue weighted by Crippen LogP contribution is 2.24. The number of nitrogens with one attached hydrogen (secondary N) is 1. The number of carbonyl (C=O) groups is 2. The van der Waals surface area contributed by atoms with E-state index >= 15 is 0 Å². The van der Waals surface area contributed by atoms with E-state index in [1.807, 2.05) is 25.1 Å². The van der Waals surface area contributed by atoms with Crippen molar-refractivity contribution in [3.8, 4) is 0 Å². The molecule has 1 aliphatic heterocycles. The number of imide groups is 1. The van der Waals surface area contributed by atoms with Gasteiger partial charge in [0.05, 0.1) is 11.0 Å². The minimum atomic E-state index is -0.620. The molecule has 6 heteroatoms. The fourth-order valence-electron chi connectivity index (χ4n) is 2.86. The molecule has 1 atom stereocenters. The average molecular weight is 273 g/mol. The summed E-state index contributed by atoms with van der Waals surface area (Å²) < 4.78 is 3.04. The SMILES string of the molecule is Cc1cccc2c1n(C)c(=O)n2[C@@H]1CCC(=O)NC1=O.